The number of hydrogen-bond donors (Lipinski definition) is 1. The zero-order chi connectivity index (χ0) is 20.1. The van der Waals surface area contributed by atoms with Crippen molar-refractivity contribution in [1.29, 1.82) is 0 Å². The van der Waals surface area contributed by atoms with Crippen LogP contribution in [0.5, 0.6) is 0 Å². The molecule has 3 rings (SSSR count). The molecule has 9 heteroatoms. The molecule has 0 saturated carbocycles. The highest BCUT2D eigenvalue weighted by molar-refractivity contribution is 5.96. The highest BCUT2D eigenvalue weighted by Gasteiger charge is 2.24. The fraction of sp³-hybridized carbons (Fsp3) is 0.316. The molecule has 1 aromatic heterocycles. The van der Waals surface area contributed by atoms with E-state index in [1.807, 2.05) is 0 Å². The van der Waals surface area contributed by atoms with Gasteiger partial charge in [0, 0.05) is 33.1 Å². The Morgan fingerprint density at radius 1 is 1.00 bits per heavy atom. The number of anilines is 2. The molecule has 0 bridgehead atoms. The fourth-order valence-electron chi connectivity index (χ4n) is 2.91. The summed E-state index contributed by atoms with van der Waals surface area (Å²) in [5.41, 5.74) is 1.13. The number of methoxy groups -OCH3 is 1. The van der Waals surface area contributed by atoms with E-state index in [0.717, 1.165) is 0 Å². The summed E-state index contributed by atoms with van der Waals surface area (Å²) in [6.07, 6.45) is 2.83. The molecule has 2 amide bonds. The minimum absolute atomic E-state index is 0.00885. The van der Waals surface area contributed by atoms with Crippen LogP contribution in [0.3, 0.4) is 0 Å². The number of para-hydroxylation sites is 1. The van der Waals surface area contributed by atoms with Gasteiger partial charge in [-0.2, -0.15) is 0 Å². The van der Waals surface area contributed by atoms with E-state index >= 15 is 0 Å². The second-order valence-electron chi connectivity index (χ2n) is 6.25. The smallest absolute Gasteiger partial charge is 0.339 e. The van der Waals surface area contributed by atoms with Crippen LogP contribution >= 0.6 is 0 Å². The number of nitrogens with zero attached hydrogens (tertiary/aromatic N) is 4. The largest absolute Gasteiger partial charge is 0.465 e. The maximum Gasteiger partial charge on any atom is 0.339 e. The molecule has 2 heterocycles. The van der Waals surface area contributed by atoms with Crippen LogP contribution in [0.15, 0.2) is 36.7 Å². The number of carbonyl (C=O) groups is 3. The van der Waals surface area contributed by atoms with Crippen molar-refractivity contribution >= 4 is 29.3 Å². The highest BCUT2D eigenvalue weighted by Crippen LogP contribution is 2.20. The fourth-order valence-corrected chi connectivity index (χ4v) is 2.91. The van der Waals surface area contributed by atoms with E-state index in [9.17, 15) is 14.4 Å². The van der Waals surface area contributed by atoms with Crippen LogP contribution < -0.4 is 5.32 Å². The van der Waals surface area contributed by atoms with Gasteiger partial charge in [0.25, 0.3) is 5.91 Å². The van der Waals surface area contributed by atoms with Crippen molar-refractivity contribution in [2.24, 2.45) is 0 Å². The number of hydrogen-bond acceptors (Lipinski definition) is 7. The number of rotatable bonds is 4. The van der Waals surface area contributed by atoms with E-state index < -0.39 is 5.97 Å². The lowest BCUT2D eigenvalue weighted by Gasteiger charge is -2.33. The average Bonchev–Trinajstić information content (AvgIpc) is 2.73. The SMILES string of the molecule is COC(=O)c1ccccc1Nc1cnc(C(=O)N2CCN(C(C)=O)CC2)cn1. The van der Waals surface area contributed by atoms with E-state index in [1.165, 1.54) is 26.4 Å². The van der Waals surface area contributed by atoms with Gasteiger partial charge in [-0.05, 0) is 12.1 Å². The van der Waals surface area contributed by atoms with Gasteiger partial charge < -0.3 is 19.9 Å². The molecule has 28 heavy (non-hydrogen) atoms. The first-order chi connectivity index (χ1) is 13.5. The second-order valence-corrected chi connectivity index (χ2v) is 6.25. The number of aromatic nitrogens is 2. The van der Waals surface area contributed by atoms with E-state index in [1.54, 1.807) is 34.1 Å². The van der Waals surface area contributed by atoms with Gasteiger partial charge in [0.1, 0.15) is 11.5 Å². The number of nitrogens with one attached hydrogen (secondary N) is 1. The maximum atomic E-state index is 12.6. The summed E-state index contributed by atoms with van der Waals surface area (Å²) < 4.78 is 4.77. The Labute approximate surface area is 162 Å². The lowest BCUT2D eigenvalue weighted by atomic mass is 10.2. The summed E-state index contributed by atoms with van der Waals surface area (Å²) in [5.74, 6) is -0.284. The Morgan fingerprint density at radius 2 is 1.68 bits per heavy atom. The highest BCUT2D eigenvalue weighted by atomic mass is 16.5. The van der Waals surface area contributed by atoms with Gasteiger partial charge in [-0.15, -0.1) is 0 Å². The predicted octanol–water partition coefficient (Wildman–Crippen LogP) is 1.31. The quantitative estimate of drug-likeness (QED) is 0.794. The Balaban J connectivity index is 1.67. The Hall–Kier alpha value is -3.49. The number of esters is 1. The molecule has 1 N–H and O–H groups in total. The third-order valence-corrected chi connectivity index (χ3v) is 4.48. The second kappa shape index (κ2) is 8.47. The van der Waals surface area contributed by atoms with Crippen LogP contribution in [-0.4, -0.2) is 70.8 Å². The lowest BCUT2D eigenvalue weighted by molar-refractivity contribution is -0.130. The lowest BCUT2D eigenvalue weighted by Crippen LogP contribution is -2.50. The summed E-state index contributed by atoms with van der Waals surface area (Å²) in [5, 5.41) is 3.01. The molecule has 0 atom stereocenters. The minimum Gasteiger partial charge on any atom is -0.465 e. The van der Waals surface area contributed by atoms with Crippen LogP contribution in [0.4, 0.5) is 11.5 Å². The van der Waals surface area contributed by atoms with Crippen LogP contribution in [0.25, 0.3) is 0 Å². The summed E-state index contributed by atoms with van der Waals surface area (Å²) in [4.78, 5) is 47.6. The van der Waals surface area contributed by atoms with E-state index in [4.69, 9.17) is 4.74 Å². The maximum absolute atomic E-state index is 12.6. The molecule has 9 nitrogen and oxygen atoms in total. The van der Waals surface area contributed by atoms with Gasteiger partial charge in [0.15, 0.2) is 0 Å². The zero-order valence-electron chi connectivity index (χ0n) is 15.7. The number of piperazine rings is 1. The van der Waals surface area contributed by atoms with E-state index in [0.29, 0.717) is 43.2 Å². The number of ether oxygens (including phenoxy) is 1. The molecule has 1 fully saturated rings. The van der Waals surface area contributed by atoms with Crippen LogP contribution in [-0.2, 0) is 9.53 Å². The number of amides is 2. The molecule has 0 spiro atoms. The number of carbonyl (C=O) groups excluding carboxylic acids is 3. The van der Waals surface area contributed by atoms with Crippen molar-refractivity contribution < 1.29 is 19.1 Å². The van der Waals surface area contributed by atoms with Crippen LogP contribution in [0.1, 0.15) is 27.8 Å². The molecule has 0 unspecified atom stereocenters. The monoisotopic (exact) mass is 383 g/mol. The van der Waals surface area contributed by atoms with Crippen molar-refractivity contribution in [3.05, 3.63) is 47.9 Å². The Kier molecular flexibility index (Phi) is 5.83. The van der Waals surface area contributed by atoms with Crippen molar-refractivity contribution in [2.75, 3.05) is 38.6 Å². The minimum atomic E-state index is -0.465. The summed E-state index contributed by atoms with van der Waals surface area (Å²) in [6.45, 7) is 3.48. The molecular weight excluding hydrogens is 362 g/mol. The molecular formula is C19H21N5O4. The first kappa shape index (κ1) is 19.3. The topological polar surface area (TPSA) is 105 Å². The summed E-state index contributed by atoms with van der Waals surface area (Å²) >= 11 is 0. The molecule has 0 radical (unpaired) electrons. The van der Waals surface area contributed by atoms with Crippen LogP contribution in [0, 0.1) is 0 Å². The van der Waals surface area contributed by atoms with Crippen LogP contribution in [0.2, 0.25) is 0 Å². The van der Waals surface area contributed by atoms with Crippen molar-refractivity contribution in [3.63, 3.8) is 0 Å². The molecule has 1 aromatic carbocycles. The van der Waals surface area contributed by atoms with Crippen molar-refractivity contribution in [3.8, 4) is 0 Å². The van der Waals surface area contributed by atoms with E-state index in [2.05, 4.69) is 15.3 Å². The van der Waals surface area contributed by atoms with Crippen molar-refractivity contribution in [1.82, 2.24) is 19.8 Å². The molecule has 1 aliphatic rings. The van der Waals surface area contributed by atoms with Gasteiger partial charge in [-0.3, -0.25) is 9.59 Å². The van der Waals surface area contributed by atoms with Gasteiger partial charge in [-0.1, -0.05) is 12.1 Å². The summed E-state index contributed by atoms with van der Waals surface area (Å²) in [6, 6.07) is 6.87. The zero-order valence-corrected chi connectivity index (χ0v) is 15.7. The third kappa shape index (κ3) is 4.25. The first-order valence-corrected chi connectivity index (χ1v) is 8.81. The van der Waals surface area contributed by atoms with Gasteiger partial charge in [-0.25, -0.2) is 14.8 Å². The first-order valence-electron chi connectivity index (χ1n) is 8.81. The third-order valence-electron chi connectivity index (χ3n) is 4.48. The normalized spacial score (nSPS) is 13.8. The van der Waals surface area contributed by atoms with Gasteiger partial charge in [0.05, 0.1) is 30.8 Å². The Bertz CT molecular complexity index is 876. The number of benzene rings is 1. The molecule has 1 saturated heterocycles. The Morgan fingerprint density at radius 3 is 2.29 bits per heavy atom. The van der Waals surface area contributed by atoms with Gasteiger partial charge >= 0.3 is 5.97 Å². The standard InChI is InChI=1S/C19H21N5O4/c1-13(25)23-7-9-24(10-8-23)18(26)16-11-21-17(12-20-16)22-15-6-4-3-5-14(15)19(27)28-2/h3-6,11-12H,7-10H2,1-2H3,(H,21,22). The molecule has 1 aliphatic heterocycles. The molecule has 0 aliphatic carbocycles. The summed E-state index contributed by atoms with van der Waals surface area (Å²) in [7, 11) is 1.32. The molecule has 2 aromatic rings. The predicted molar refractivity (Wildman–Crippen MR) is 101 cm³/mol. The van der Waals surface area contributed by atoms with Gasteiger partial charge in [0.2, 0.25) is 5.91 Å². The van der Waals surface area contributed by atoms with E-state index in [-0.39, 0.29) is 17.5 Å². The average molecular weight is 383 g/mol. The molecule has 146 valence electrons. The van der Waals surface area contributed by atoms with Crippen molar-refractivity contribution in [2.45, 2.75) is 6.92 Å².